The van der Waals surface area contributed by atoms with Gasteiger partial charge in [0.1, 0.15) is 0 Å². The van der Waals surface area contributed by atoms with Crippen LogP contribution < -0.4 is 5.73 Å². The van der Waals surface area contributed by atoms with Gasteiger partial charge in [0.05, 0.1) is 17.6 Å². The van der Waals surface area contributed by atoms with Crippen molar-refractivity contribution in [3.63, 3.8) is 0 Å². The zero-order chi connectivity index (χ0) is 12.5. The highest BCUT2D eigenvalue weighted by Crippen LogP contribution is 2.19. The summed E-state index contributed by atoms with van der Waals surface area (Å²) in [5.41, 5.74) is 6.10. The molecule has 1 aliphatic heterocycles. The average Bonchev–Trinajstić information content (AvgIpc) is 2.29. The smallest absolute Gasteiger partial charge is 0.243 e. The molecule has 94 valence electrons. The summed E-state index contributed by atoms with van der Waals surface area (Å²) < 4.78 is 31.3. The van der Waals surface area contributed by atoms with Gasteiger partial charge < -0.3 is 10.5 Å². The minimum absolute atomic E-state index is 0.0627. The molecule has 0 amide bonds. The standard InChI is InChI=1S/C11H16N2O3S/c1-9-8-13(6-7-16-9)17(14,15)11-4-2-10(12)3-5-11/h2-5,9H,6-8,12H2,1H3. The number of nitrogens with zero attached hydrogens (tertiary/aromatic N) is 1. The topological polar surface area (TPSA) is 72.6 Å². The molecule has 17 heavy (non-hydrogen) atoms. The van der Waals surface area contributed by atoms with Gasteiger partial charge in [-0.1, -0.05) is 0 Å². The van der Waals surface area contributed by atoms with Gasteiger partial charge in [-0.15, -0.1) is 0 Å². The molecule has 0 saturated carbocycles. The van der Waals surface area contributed by atoms with Crippen LogP contribution in [0, 0.1) is 0 Å². The van der Waals surface area contributed by atoms with E-state index in [2.05, 4.69) is 0 Å². The van der Waals surface area contributed by atoms with E-state index in [1.807, 2.05) is 6.92 Å². The molecule has 0 aliphatic carbocycles. The molecule has 5 nitrogen and oxygen atoms in total. The van der Waals surface area contributed by atoms with Crippen molar-refractivity contribution in [1.82, 2.24) is 4.31 Å². The molecule has 1 aromatic carbocycles. The molecule has 1 unspecified atom stereocenters. The molecule has 1 atom stereocenters. The van der Waals surface area contributed by atoms with Crippen molar-refractivity contribution in [3.8, 4) is 0 Å². The predicted molar refractivity (Wildman–Crippen MR) is 65.0 cm³/mol. The van der Waals surface area contributed by atoms with Crippen LogP contribution in [0.15, 0.2) is 29.2 Å². The Morgan fingerprint density at radius 3 is 2.59 bits per heavy atom. The SMILES string of the molecule is CC1CN(S(=O)(=O)c2ccc(N)cc2)CCO1. The molecular weight excluding hydrogens is 240 g/mol. The first-order chi connectivity index (χ1) is 8.00. The van der Waals surface area contributed by atoms with Crippen molar-refractivity contribution in [2.75, 3.05) is 25.4 Å². The summed E-state index contributed by atoms with van der Waals surface area (Å²) in [5.74, 6) is 0. The lowest BCUT2D eigenvalue weighted by atomic mass is 10.3. The number of hydrogen-bond acceptors (Lipinski definition) is 4. The quantitative estimate of drug-likeness (QED) is 0.790. The van der Waals surface area contributed by atoms with Crippen LogP contribution in [-0.4, -0.2) is 38.5 Å². The van der Waals surface area contributed by atoms with Crippen LogP contribution in [0.2, 0.25) is 0 Å². The van der Waals surface area contributed by atoms with E-state index in [-0.39, 0.29) is 11.0 Å². The van der Waals surface area contributed by atoms with Crippen LogP contribution >= 0.6 is 0 Å². The second-order valence-electron chi connectivity index (χ2n) is 4.11. The molecule has 0 aromatic heterocycles. The lowest BCUT2D eigenvalue weighted by Gasteiger charge is -2.30. The van der Waals surface area contributed by atoms with Gasteiger partial charge in [0, 0.05) is 18.8 Å². The van der Waals surface area contributed by atoms with E-state index in [9.17, 15) is 8.42 Å². The lowest BCUT2D eigenvalue weighted by Crippen LogP contribution is -2.44. The number of ether oxygens (including phenoxy) is 1. The number of sulfonamides is 1. The molecule has 1 fully saturated rings. The second-order valence-corrected chi connectivity index (χ2v) is 6.05. The van der Waals surface area contributed by atoms with Crippen LogP contribution in [-0.2, 0) is 14.8 Å². The number of morpholine rings is 1. The predicted octanol–water partition coefficient (Wildman–Crippen LogP) is 0.678. The Morgan fingerprint density at radius 2 is 2.00 bits per heavy atom. The van der Waals surface area contributed by atoms with E-state index in [4.69, 9.17) is 10.5 Å². The summed E-state index contributed by atoms with van der Waals surface area (Å²) in [7, 11) is -3.41. The van der Waals surface area contributed by atoms with Gasteiger partial charge in [-0.3, -0.25) is 0 Å². The van der Waals surface area contributed by atoms with Crippen molar-refractivity contribution >= 4 is 15.7 Å². The Bertz CT molecular complexity index is 484. The summed E-state index contributed by atoms with van der Waals surface area (Å²) in [6.07, 6.45) is -0.0627. The Balaban J connectivity index is 2.26. The summed E-state index contributed by atoms with van der Waals surface area (Å²) in [6, 6.07) is 6.25. The number of nitrogens with two attached hydrogens (primary N) is 1. The van der Waals surface area contributed by atoms with Crippen LogP contribution in [0.5, 0.6) is 0 Å². The summed E-state index contributed by atoms with van der Waals surface area (Å²) in [6.45, 7) is 3.10. The fourth-order valence-electron chi connectivity index (χ4n) is 1.79. The van der Waals surface area contributed by atoms with Gasteiger partial charge in [-0.25, -0.2) is 8.42 Å². The van der Waals surface area contributed by atoms with E-state index in [1.165, 1.54) is 16.4 Å². The molecule has 6 heteroatoms. The Morgan fingerprint density at radius 1 is 1.35 bits per heavy atom. The zero-order valence-corrected chi connectivity index (χ0v) is 10.5. The van der Waals surface area contributed by atoms with Crippen molar-refractivity contribution in [2.45, 2.75) is 17.9 Å². The largest absolute Gasteiger partial charge is 0.399 e. The highest BCUT2D eigenvalue weighted by atomic mass is 32.2. The van der Waals surface area contributed by atoms with Crippen molar-refractivity contribution in [1.29, 1.82) is 0 Å². The summed E-state index contributed by atoms with van der Waals surface area (Å²) in [5, 5.41) is 0. The first-order valence-corrected chi connectivity index (χ1v) is 6.91. The third-order valence-corrected chi connectivity index (χ3v) is 4.60. The number of benzene rings is 1. The summed E-state index contributed by atoms with van der Waals surface area (Å²) in [4.78, 5) is 0.279. The number of hydrogen-bond donors (Lipinski definition) is 1. The van der Waals surface area contributed by atoms with Gasteiger partial charge in [-0.2, -0.15) is 4.31 Å². The maximum absolute atomic E-state index is 12.3. The Labute approximate surface area is 101 Å². The fourth-order valence-corrected chi connectivity index (χ4v) is 3.29. The van der Waals surface area contributed by atoms with E-state index in [0.717, 1.165) is 0 Å². The van der Waals surface area contributed by atoms with Gasteiger partial charge >= 0.3 is 0 Å². The summed E-state index contributed by atoms with van der Waals surface area (Å²) >= 11 is 0. The van der Waals surface area contributed by atoms with Crippen LogP contribution in [0.4, 0.5) is 5.69 Å². The maximum Gasteiger partial charge on any atom is 0.243 e. The van der Waals surface area contributed by atoms with Gasteiger partial charge in [0.2, 0.25) is 10.0 Å². The van der Waals surface area contributed by atoms with Crippen LogP contribution in [0.25, 0.3) is 0 Å². The van der Waals surface area contributed by atoms with Crippen molar-refractivity contribution in [3.05, 3.63) is 24.3 Å². The third kappa shape index (κ3) is 2.59. The molecule has 1 aliphatic rings. The normalized spacial score (nSPS) is 22.5. The number of anilines is 1. The monoisotopic (exact) mass is 256 g/mol. The Kier molecular flexibility index (Phi) is 3.37. The van der Waals surface area contributed by atoms with Gasteiger partial charge in [0.15, 0.2) is 0 Å². The van der Waals surface area contributed by atoms with Gasteiger partial charge in [0.25, 0.3) is 0 Å². The molecule has 0 spiro atoms. The minimum atomic E-state index is -3.41. The molecule has 2 N–H and O–H groups in total. The van der Waals surface area contributed by atoms with E-state index in [1.54, 1.807) is 12.1 Å². The highest BCUT2D eigenvalue weighted by molar-refractivity contribution is 7.89. The molecule has 2 rings (SSSR count). The third-order valence-electron chi connectivity index (χ3n) is 2.72. The van der Waals surface area contributed by atoms with Crippen molar-refractivity contribution < 1.29 is 13.2 Å². The highest BCUT2D eigenvalue weighted by Gasteiger charge is 2.28. The maximum atomic E-state index is 12.3. The first kappa shape index (κ1) is 12.3. The van der Waals surface area contributed by atoms with Crippen molar-refractivity contribution in [2.24, 2.45) is 0 Å². The lowest BCUT2D eigenvalue weighted by molar-refractivity contribution is 0.0102. The van der Waals surface area contributed by atoms with Crippen LogP contribution in [0.1, 0.15) is 6.92 Å². The van der Waals surface area contributed by atoms with E-state index >= 15 is 0 Å². The molecule has 1 saturated heterocycles. The number of rotatable bonds is 2. The Hall–Kier alpha value is -1.11. The van der Waals surface area contributed by atoms with Gasteiger partial charge in [-0.05, 0) is 31.2 Å². The number of nitrogen functional groups attached to an aromatic ring is 1. The fraction of sp³-hybridized carbons (Fsp3) is 0.455. The molecule has 1 aromatic rings. The molecule has 0 bridgehead atoms. The van der Waals surface area contributed by atoms with E-state index < -0.39 is 10.0 Å². The molecule has 1 heterocycles. The van der Waals surface area contributed by atoms with Crippen LogP contribution in [0.3, 0.4) is 0 Å². The minimum Gasteiger partial charge on any atom is -0.399 e. The van der Waals surface area contributed by atoms with E-state index in [0.29, 0.717) is 25.4 Å². The average molecular weight is 256 g/mol. The first-order valence-electron chi connectivity index (χ1n) is 5.47. The molecule has 0 radical (unpaired) electrons. The molecular formula is C11H16N2O3S. The second kappa shape index (κ2) is 4.64. The zero-order valence-electron chi connectivity index (χ0n) is 9.67.